The molecule has 1 saturated carbocycles. The van der Waals surface area contributed by atoms with Gasteiger partial charge in [-0.2, -0.15) is 0 Å². The highest BCUT2D eigenvalue weighted by Crippen LogP contribution is 2.30. The summed E-state index contributed by atoms with van der Waals surface area (Å²) in [6, 6.07) is 4.16. The van der Waals surface area contributed by atoms with Crippen LogP contribution in [-0.2, 0) is 14.8 Å². The molecule has 1 saturated heterocycles. The molecule has 7 heteroatoms. The van der Waals surface area contributed by atoms with Crippen LogP contribution in [-0.4, -0.2) is 34.0 Å². The molecule has 5 nitrogen and oxygen atoms in total. The number of nitrogens with one attached hydrogen (secondary N) is 1. The van der Waals surface area contributed by atoms with E-state index in [1.165, 1.54) is 6.07 Å². The van der Waals surface area contributed by atoms with Gasteiger partial charge in [-0.05, 0) is 62.1 Å². The maximum Gasteiger partial charge on any atom is 0.212 e. The van der Waals surface area contributed by atoms with Crippen LogP contribution >= 0.6 is 0 Å². The van der Waals surface area contributed by atoms with Crippen molar-refractivity contribution in [2.24, 2.45) is 11.8 Å². The van der Waals surface area contributed by atoms with Crippen LogP contribution in [0.4, 0.5) is 4.39 Å². The highest BCUT2D eigenvalue weighted by Gasteiger charge is 2.25. The molecule has 2 fully saturated rings. The van der Waals surface area contributed by atoms with Crippen LogP contribution < -0.4 is 9.46 Å². The van der Waals surface area contributed by atoms with E-state index in [9.17, 15) is 12.8 Å². The second-order valence-corrected chi connectivity index (χ2v) is 8.92. The molecule has 1 heterocycles. The lowest BCUT2D eigenvalue weighted by molar-refractivity contribution is 0.0723. The van der Waals surface area contributed by atoms with Gasteiger partial charge in [-0.15, -0.1) is 0 Å². The van der Waals surface area contributed by atoms with Gasteiger partial charge in [0, 0.05) is 19.3 Å². The molecule has 0 amide bonds. The summed E-state index contributed by atoms with van der Waals surface area (Å²) >= 11 is 0. The third-order valence-corrected chi connectivity index (χ3v) is 6.40. The summed E-state index contributed by atoms with van der Waals surface area (Å²) in [6.45, 7) is 3.50. The number of sulfonamides is 1. The van der Waals surface area contributed by atoms with Gasteiger partial charge in [0.25, 0.3) is 0 Å². The molecule has 1 aromatic rings. The summed E-state index contributed by atoms with van der Waals surface area (Å²) < 4.78 is 52.2. The molecule has 0 radical (unpaired) electrons. The zero-order valence-corrected chi connectivity index (χ0v) is 15.4. The zero-order chi connectivity index (χ0) is 17.9. The van der Waals surface area contributed by atoms with Crippen LogP contribution in [0.5, 0.6) is 5.75 Å². The van der Waals surface area contributed by atoms with E-state index in [1.54, 1.807) is 19.1 Å². The second-order valence-electron chi connectivity index (χ2n) is 7.12. The van der Waals surface area contributed by atoms with Crippen LogP contribution in [0.15, 0.2) is 18.2 Å². The topological polar surface area (TPSA) is 64.6 Å². The minimum Gasteiger partial charge on any atom is -0.490 e. The fraction of sp³-hybridized carbons (Fsp3) is 0.667. The van der Waals surface area contributed by atoms with E-state index >= 15 is 0 Å². The first-order valence-corrected chi connectivity index (χ1v) is 10.6. The summed E-state index contributed by atoms with van der Waals surface area (Å²) in [4.78, 5) is 0. The fourth-order valence-corrected chi connectivity index (χ4v) is 4.73. The van der Waals surface area contributed by atoms with Crippen molar-refractivity contribution < 1.29 is 22.3 Å². The highest BCUT2D eigenvalue weighted by atomic mass is 32.2. The van der Waals surface area contributed by atoms with Crippen LogP contribution in [0.1, 0.15) is 44.2 Å². The molecular weight excluding hydrogens is 345 g/mol. The molecule has 0 aromatic heterocycles. The molecule has 0 unspecified atom stereocenters. The Bertz CT molecular complexity index is 684. The predicted octanol–water partition coefficient (Wildman–Crippen LogP) is 3.02. The Balaban J connectivity index is 1.57. The Labute approximate surface area is 149 Å². The van der Waals surface area contributed by atoms with E-state index in [0.29, 0.717) is 31.3 Å². The van der Waals surface area contributed by atoms with Crippen molar-refractivity contribution in [3.05, 3.63) is 29.6 Å². The van der Waals surface area contributed by atoms with Gasteiger partial charge in [-0.25, -0.2) is 17.5 Å². The van der Waals surface area contributed by atoms with Gasteiger partial charge < -0.3 is 9.47 Å². The minimum absolute atomic E-state index is 0.0891. The van der Waals surface area contributed by atoms with Crippen molar-refractivity contribution in [2.45, 2.75) is 38.6 Å². The van der Waals surface area contributed by atoms with Crippen molar-refractivity contribution in [1.82, 2.24) is 4.72 Å². The lowest BCUT2D eigenvalue weighted by Gasteiger charge is -2.23. The fourth-order valence-electron chi connectivity index (χ4n) is 3.00. The standard InChI is InChI=1S/C18H26FNO4S/c1-13(20-25(21,22)12-15-6-8-23-9-7-15)16-4-5-18(17(19)10-16)24-11-14-2-3-14/h4-5,10,13-15,20H,2-3,6-9,11-12H2,1H3/t13-/m1/s1. The molecule has 1 atom stereocenters. The third kappa shape index (κ3) is 5.66. The first-order valence-electron chi connectivity index (χ1n) is 8.93. The minimum atomic E-state index is -3.42. The first kappa shape index (κ1) is 18.6. The average Bonchev–Trinajstić information content (AvgIpc) is 3.38. The van der Waals surface area contributed by atoms with Gasteiger partial charge in [-0.1, -0.05) is 6.07 Å². The zero-order valence-electron chi connectivity index (χ0n) is 14.5. The molecule has 2 aliphatic rings. The van der Waals surface area contributed by atoms with Crippen LogP contribution in [0, 0.1) is 17.7 Å². The Morgan fingerprint density at radius 2 is 1.96 bits per heavy atom. The largest absolute Gasteiger partial charge is 0.490 e. The maximum absolute atomic E-state index is 14.2. The Hall–Kier alpha value is -1.18. The van der Waals surface area contributed by atoms with Gasteiger partial charge in [0.15, 0.2) is 11.6 Å². The molecular formula is C18H26FNO4S. The van der Waals surface area contributed by atoms with E-state index in [1.807, 2.05) is 0 Å². The summed E-state index contributed by atoms with van der Waals surface area (Å²) in [5.41, 5.74) is 0.590. The molecule has 25 heavy (non-hydrogen) atoms. The molecule has 0 bridgehead atoms. The summed E-state index contributed by atoms with van der Waals surface area (Å²) in [5.74, 6) is 0.538. The Kier molecular flexibility index (Phi) is 5.96. The lowest BCUT2D eigenvalue weighted by Crippen LogP contribution is -2.33. The number of rotatable bonds is 8. The molecule has 3 rings (SSSR count). The van der Waals surface area contributed by atoms with Crippen LogP contribution in [0.25, 0.3) is 0 Å². The van der Waals surface area contributed by atoms with Crippen molar-refractivity contribution in [3.63, 3.8) is 0 Å². The Morgan fingerprint density at radius 1 is 1.24 bits per heavy atom. The summed E-state index contributed by atoms with van der Waals surface area (Å²) in [7, 11) is -3.42. The van der Waals surface area contributed by atoms with Gasteiger partial charge >= 0.3 is 0 Å². The van der Waals surface area contributed by atoms with Gasteiger partial charge in [0.05, 0.1) is 12.4 Å². The van der Waals surface area contributed by atoms with E-state index in [0.717, 1.165) is 25.7 Å². The van der Waals surface area contributed by atoms with E-state index in [4.69, 9.17) is 9.47 Å². The molecule has 140 valence electrons. The third-order valence-electron chi connectivity index (χ3n) is 4.78. The first-order chi connectivity index (χ1) is 11.9. The Morgan fingerprint density at radius 3 is 2.60 bits per heavy atom. The number of benzene rings is 1. The second kappa shape index (κ2) is 8.01. The molecule has 1 aliphatic heterocycles. The van der Waals surface area contributed by atoms with E-state index in [2.05, 4.69) is 4.72 Å². The quantitative estimate of drug-likeness (QED) is 0.763. The average molecular weight is 371 g/mol. The number of hydrogen-bond donors (Lipinski definition) is 1. The molecule has 1 N–H and O–H groups in total. The number of hydrogen-bond acceptors (Lipinski definition) is 4. The lowest BCUT2D eigenvalue weighted by atomic mass is 10.0. The van der Waals surface area contributed by atoms with E-state index in [-0.39, 0.29) is 17.4 Å². The van der Waals surface area contributed by atoms with Gasteiger partial charge in [-0.3, -0.25) is 0 Å². The maximum atomic E-state index is 14.2. The summed E-state index contributed by atoms with van der Waals surface area (Å²) in [5, 5.41) is 0. The van der Waals surface area contributed by atoms with Crippen molar-refractivity contribution in [3.8, 4) is 5.75 Å². The molecule has 0 spiro atoms. The molecule has 1 aromatic carbocycles. The highest BCUT2D eigenvalue weighted by molar-refractivity contribution is 7.89. The van der Waals surface area contributed by atoms with Gasteiger partial charge in [0.2, 0.25) is 10.0 Å². The van der Waals surface area contributed by atoms with Crippen LogP contribution in [0.2, 0.25) is 0 Å². The number of halogens is 1. The van der Waals surface area contributed by atoms with Crippen molar-refractivity contribution in [2.75, 3.05) is 25.6 Å². The summed E-state index contributed by atoms with van der Waals surface area (Å²) in [6.07, 6.45) is 3.81. The van der Waals surface area contributed by atoms with Crippen LogP contribution in [0.3, 0.4) is 0 Å². The van der Waals surface area contributed by atoms with Gasteiger partial charge in [0.1, 0.15) is 0 Å². The normalized spacial score (nSPS) is 20.4. The van der Waals surface area contributed by atoms with E-state index < -0.39 is 21.9 Å². The molecule has 1 aliphatic carbocycles. The van der Waals surface area contributed by atoms with Crippen molar-refractivity contribution >= 4 is 10.0 Å². The monoisotopic (exact) mass is 371 g/mol. The number of ether oxygens (including phenoxy) is 2. The van der Waals surface area contributed by atoms with Crippen molar-refractivity contribution in [1.29, 1.82) is 0 Å². The SMILES string of the molecule is C[C@@H](NS(=O)(=O)CC1CCOCC1)c1ccc(OCC2CC2)c(F)c1. The predicted molar refractivity (Wildman–Crippen MR) is 93.5 cm³/mol. The smallest absolute Gasteiger partial charge is 0.212 e.